The maximum Gasteiger partial charge on any atom is 0.335 e. The summed E-state index contributed by atoms with van der Waals surface area (Å²) in [6.07, 6.45) is 0.451. The van der Waals surface area contributed by atoms with Crippen LogP contribution in [-0.4, -0.2) is 11.1 Å². The predicted molar refractivity (Wildman–Crippen MR) is 88.7 cm³/mol. The van der Waals surface area contributed by atoms with E-state index in [0.717, 1.165) is 5.56 Å². The number of carbonyl (C=O) groups is 1. The molecule has 2 aromatic carbocycles. The van der Waals surface area contributed by atoms with Crippen LogP contribution in [0.4, 0.5) is 4.39 Å². The monoisotopic (exact) mass is 312 g/mol. The van der Waals surface area contributed by atoms with Gasteiger partial charge in [-0.3, -0.25) is 0 Å². The highest BCUT2D eigenvalue weighted by Gasteiger charge is 2.57. The highest BCUT2D eigenvalue weighted by Crippen LogP contribution is 2.61. The molecule has 0 spiro atoms. The average molecular weight is 312 g/mol. The largest absolute Gasteiger partial charge is 0.478 e. The Morgan fingerprint density at radius 2 is 1.83 bits per heavy atom. The van der Waals surface area contributed by atoms with E-state index >= 15 is 4.39 Å². The number of rotatable bonds is 3. The third kappa shape index (κ3) is 2.76. The summed E-state index contributed by atoms with van der Waals surface area (Å²) in [5, 5.41) is 9.37. The summed E-state index contributed by atoms with van der Waals surface area (Å²) in [4.78, 5) is 11.4. The lowest BCUT2D eigenvalue weighted by molar-refractivity contribution is 0.0694. The molecule has 0 amide bonds. The van der Waals surface area contributed by atoms with Crippen LogP contribution in [0.3, 0.4) is 0 Å². The summed E-state index contributed by atoms with van der Waals surface area (Å²) in [5.41, 5.74) is 0.770. The second-order valence-corrected chi connectivity index (χ2v) is 7.35. The van der Waals surface area contributed by atoms with E-state index in [0.29, 0.717) is 17.5 Å². The Labute approximate surface area is 136 Å². The first-order valence-corrected chi connectivity index (χ1v) is 7.85. The Kier molecular flexibility index (Phi) is 3.55. The lowest BCUT2D eigenvalue weighted by Crippen LogP contribution is -2.18. The number of carboxylic acid groups (broad SMARTS) is 1. The molecule has 0 aromatic heterocycles. The Balaban J connectivity index is 2.01. The van der Waals surface area contributed by atoms with Crippen LogP contribution in [0.2, 0.25) is 0 Å². The molecule has 2 nitrogen and oxygen atoms in total. The summed E-state index contributed by atoms with van der Waals surface area (Å²) in [5.74, 6) is -1.11. The van der Waals surface area contributed by atoms with Gasteiger partial charge in [0.1, 0.15) is 5.67 Å². The van der Waals surface area contributed by atoms with E-state index in [2.05, 4.69) is 0 Å². The molecule has 1 fully saturated rings. The Morgan fingerprint density at radius 1 is 1.17 bits per heavy atom. The van der Waals surface area contributed by atoms with Gasteiger partial charge >= 0.3 is 5.97 Å². The maximum absolute atomic E-state index is 15.3. The van der Waals surface area contributed by atoms with Crippen LogP contribution >= 0.6 is 0 Å². The number of benzene rings is 2. The van der Waals surface area contributed by atoms with E-state index in [4.69, 9.17) is 0 Å². The molecule has 3 rings (SSSR count). The molecular weight excluding hydrogens is 291 g/mol. The van der Waals surface area contributed by atoms with Crippen LogP contribution in [0.25, 0.3) is 0 Å². The van der Waals surface area contributed by atoms with Gasteiger partial charge in [0.05, 0.1) is 5.56 Å². The van der Waals surface area contributed by atoms with Gasteiger partial charge in [0.25, 0.3) is 0 Å². The summed E-state index contributed by atoms with van der Waals surface area (Å²) in [7, 11) is 0. The number of alkyl halides is 1. The summed E-state index contributed by atoms with van der Waals surface area (Å²) >= 11 is 0. The van der Waals surface area contributed by atoms with E-state index in [1.807, 2.05) is 51.1 Å². The minimum absolute atomic E-state index is 0.146. The Morgan fingerprint density at radius 3 is 2.39 bits per heavy atom. The smallest absolute Gasteiger partial charge is 0.335 e. The van der Waals surface area contributed by atoms with Crippen LogP contribution in [0.1, 0.15) is 60.2 Å². The van der Waals surface area contributed by atoms with Gasteiger partial charge in [-0.2, -0.15) is 0 Å². The second kappa shape index (κ2) is 5.19. The van der Waals surface area contributed by atoms with Gasteiger partial charge in [-0.1, -0.05) is 63.2 Å². The summed E-state index contributed by atoms with van der Waals surface area (Å²) in [6.45, 7) is 5.85. The van der Waals surface area contributed by atoms with Gasteiger partial charge in [-0.15, -0.1) is 0 Å². The van der Waals surface area contributed by atoms with Crippen LogP contribution in [0.15, 0.2) is 48.5 Å². The molecule has 2 atom stereocenters. The first kappa shape index (κ1) is 15.7. The lowest BCUT2D eigenvalue weighted by atomic mass is 9.82. The molecule has 0 radical (unpaired) electrons. The number of carboxylic acids is 1. The van der Waals surface area contributed by atoms with Crippen molar-refractivity contribution in [1.82, 2.24) is 0 Å². The van der Waals surface area contributed by atoms with Gasteiger partial charge in [-0.25, -0.2) is 9.18 Å². The fourth-order valence-corrected chi connectivity index (χ4v) is 3.23. The molecule has 0 bridgehead atoms. The Hall–Kier alpha value is -2.16. The molecule has 0 saturated heterocycles. The molecule has 2 unspecified atom stereocenters. The molecule has 1 aliphatic rings. The van der Waals surface area contributed by atoms with E-state index < -0.39 is 11.6 Å². The third-order valence-electron chi connectivity index (χ3n) is 4.63. The van der Waals surface area contributed by atoms with Crippen molar-refractivity contribution in [1.29, 1.82) is 0 Å². The molecule has 1 aliphatic carbocycles. The molecule has 3 heteroatoms. The van der Waals surface area contributed by atoms with E-state index in [9.17, 15) is 9.90 Å². The van der Waals surface area contributed by atoms with Crippen molar-refractivity contribution in [3.05, 3.63) is 70.8 Å². The maximum atomic E-state index is 15.3. The van der Waals surface area contributed by atoms with Crippen LogP contribution in [-0.2, 0) is 11.1 Å². The average Bonchev–Trinajstić information content (AvgIpc) is 3.20. The fraction of sp³-hybridized carbons (Fsp3) is 0.350. The standard InChI is InChI=1S/C20H21FO2/c1-19(2,3)16-11-14(9-10-15(16)18(22)23)20(21)12-17(20)13-7-5-4-6-8-13/h4-11,17H,12H2,1-3H3,(H,22,23). The summed E-state index contributed by atoms with van der Waals surface area (Å²) in [6, 6.07) is 14.6. The van der Waals surface area contributed by atoms with Gasteiger partial charge < -0.3 is 5.11 Å². The van der Waals surface area contributed by atoms with Crippen molar-refractivity contribution >= 4 is 5.97 Å². The molecule has 1 N–H and O–H groups in total. The van der Waals surface area contributed by atoms with Crippen LogP contribution < -0.4 is 0 Å². The van der Waals surface area contributed by atoms with Gasteiger partial charge in [-0.05, 0) is 34.6 Å². The number of halogens is 1. The number of aromatic carboxylic acids is 1. The zero-order chi connectivity index (χ0) is 16.8. The van der Waals surface area contributed by atoms with Crippen LogP contribution in [0.5, 0.6) is 0 Å². The molecule has 2 aromatic rings. The van der Waals surface area contributed by atoms with Crippen molar-refractivity contribution in [2.45, 2.75) is 44.2 Å². The van der Waals surface area contributed by atoms with Crippen molar-refractivity contribution in [2.75, 3.05) is 0 Å². The third-order valence-corrected chi connectivity index (χ3v) is 4.63. The van der Waals surface area contributed by atoms with Crippen molar-refractivity contribution in [3.8, 4) is 0 Å². The molecular formula is C20H21FO2. The van der Waals surface area contributed by atoms with E-state index in [1.165, 1.54) is 0 Å². The molecule has 0 heterocycles. The highest BCUT2D eigenvalue weighted by molar-refractivity contribution is 5.90. The minimum atomic E-state index is -1.39. The topological polar surface area (TPSA) is 37.3 Å². The van der Waals surface area contributed by atoms with Crippen molar-refractivity contribution in [2.24, 2.45) is 0 Å². The zero-order valence-electron chi connectivity index (χ0n) is 13.6. The van der Waals surface area contributed by atoms with Gasteiger partial charge in [0.15, 0.2) is 0 Å². The molecule has 23 heavy (non-hydrogen) atoms. The quantitative estimate of drug-likeness (QED) is 0.862. The first-order chi connectivity index (χ1) is 10.7. The van der Waals surface area contributed by atoms with Crippen LogP contribution in [0, 0.1) is 0 Å². The number of hydrogen-bond acceptors (Lipinski definition) is 1. The Bertz CT molecular complexity index is 746. The first-order valence-electron chi connectivity index (χ1n) is 7.85. The zero-order valence-corrected chi connectivity index (χ0v) is 13.6. The second-order valence-electron chi connectivity index (χ2n) is 7.35. The SMILES string of the molecule is CC(C)(C)c1cc(C2(F)CC2c2ccccc2)ccc1C(=O)O. The van der Waals surface area contributed by atoms with Gasteiger partial charge in [0, 0.05) is 5.92 Å². The lowest BCUT2D eigenvalue weighted by Gasteiger charge is -2.23. The normalized spacial score (nSPS) is 23.6. The van der Waals surface area contributed by atoms with Crippen molar-refractivity contribution < 1.29 is 14.3 Å². The predicted octanol–water partition coefficient (Wildman–Crippen LogP) is 5.03. The molecule has 120 valence electrons. The minimum Gasteiger partial charge on any atom is -0.478 e. The highest BCUT2D eigenvalue weighted by atomic mass is 19.1. The van der Waals surface area contributed by atoms with Gasteiger partial charge in [0.2, 0.25) is 0 Å². The fourth-order valence-electron chi connectivity index (χ4n) is 3.23. The van der Waals surface area contributed by atoms with Crippen molar-refractivity contribution in [3.63, 3.8) is 0 Å². The molecule has 1 saturated carbocycles. The summed E-state index contributed by atoms with van der Waals surface area (Å²) < 4.78 is 15.3. The van der Waals surface area contributed by atoms with E-state index in [-0.39, 0.29) is 16.9 Å². The number of hydrogen-bond donors (Lipinski definition) is 1. The molecule has 0 aliphatic heterocycles. The van der Waals surface area contributed by atoms with E-state index in [1.54, 1.807) is 18.2 Å².